The molecule has 1 aliphatic rings. The molecule has 3 atom stereocenters. The molecule has 0 aliphatic carbocycles. The van der Waals surface area contributed by atoms with Gasteiger partial charge in [-0.05, 0) is 20.3 Å². The van der Waals surface area contributed by atoms with Gasteiger partial charge in [-0.2, -0.15) is 0 Å². The van der Waals surface area contributed by atoms with Gasteiger partial charge in [0.05, 0.1) is 12.0 Å². The zero-order valence-electron chi connectivity index (χ0n) is 11.3. The number of carbonyl (C=O) groups excluding carboxylic acids is 2. The molecule has 0 bridgehead atoms. The first-order chi connectivity index (χ1) is 8.39. The van der Waals surface area contributed by atoms with Crippen molar-refractivity contribution in [1.82, 2.24) is 0 Å². The highest BCUT2D eigenvalue weighted by atomic mass is 16.7. The molecular formula is C13H23NO4. The van der Waals surface area contributed by atoms with E-state index in [1.165, 1.54) is 0 Å². The molecule has 0 aromatic heterocycles. The first kappa shape index (κ1) is 15.1. The lowest BCUT2D eigenvalue weighted by molar-refractivity contribution is -0.297. The van der Waals surface area contributed by atoms with Crippen LogP contribution in [0.3, 0.4) is 0 Å². The maximum atomic E-state index is 11.5. The Hall–Kier alpha value is -0.940. The monoisotopic (exact) mass is 257 g/mol. The molecule has 1 amide bonds. The normalized spacial score (nSPS) is 28.6. The third kappa shape index (κ3) is 4.07. The van der Waals surface area contributed by atoms with Crippen LogP contribution in [0.25, 0.3) is 0 Å². The SMILES string of the molecule is CCCCC(C(N)=O)[C@H]1C[C@@H](C=O)OC(C)(C)O1. The van der Waals surface area contributed by atoms with E-state index in [9.17, 15) is 9.59 Å². The summed E-state index contributed by atoms with van der Waals surface area (Å²) in [5, 5.41) is 0. The predicted molar refractivity (Wildman–Crippen MR) is 66.7 cm³/mol. The first-order valence-corrected chi connectivity index (χ1v) is 6.50. The third-order valence-electron chi connectivity index (χ3n) is 3.17. The number of carbonyl (C=O) groups is 2. The molecule has 18 heavy (non-hydrogen) atoms. The van der Waals surface area contributed by atoms with Gasteiger partial charge in [-0.1, -0.05) is 19.8 Å². The molecule has 1 heterocycles. The second-order valence-corrected chi connectivity index (χ2v) is 5.24. The van der Waals surface area contributed by atoms with E-state index in [0.717, 1.165) is 19.1 Å². The number of rotatable bonds is 6. The maximum absolute atomic E-state index is 11.5. The van der Waals surface area contributed by atoms with E-state index in [1.807, 2.05) is 0 Å². The lowest BCUT2D eigenvalue weighted by Crippen LogP contribution is -2.50. The molecule has 104 valence electrons. The van der Waals surface area contributed by atoms with Gasteiger partial charge in [0.25, 0.3) is 0 Å². The average molecular weight is 257 g/mol. The van der Waals surface area contributed by atoms with E-state index < -0.39 is 11.9 Å². The second kappa shape index (κ2) is 6.29. The molecule has 0 aromatic rings. The van der Waals surface area contributed by atoms with Gasteiger partial charge >= 0.3 is 0 Å². The van der Waals surface area contributed by atoms with Crippen LogP contribution in [-0.4, -0.2) is 30.2 Å². The fraction of sp³-hybridized carbons (Fsp3) is 0.846. The summed E-state index contributed by atoms with van der Waals surface area (Å²) in [4.78, 5) is 22.4. The minimum atomic E-state index is -0.853. The van der Waals surface area contributed by atoms with Crippen molar-refractivity contribution in [1.29, 1.82) is 0 Å². The number of hydrogen-bond donors (Lipinski definition) is 1. The fourth-order valence-corrected chi connectivity index (χ4v) is 2.35. The molecule has 1 saturated heterocycles. The van der Waals surface area contributed by atoms with Crippen molar-refractivity contribution in [3.8, 4) is 0 Å². The van der Waals surface area contributed by atoms with Crippen molar-refractivity contribution in [3.05, 3.63) is 0 Å². The number of unbranched alkanes of at least 4 members (excludes halogenated alkanes) is 1. The van der Waals surface area contributed by atoms with Crippen LogP contribution >= 0.6 is 0 Å². The van der Waals surface area contributed by atoms with Gasteiger partial charge in [0.15, 0.2) is 5.79 Å². The Morgan fingerprint density at radius 1 is 1.50 bits per heavy atom. The van der Waals surface area contributed by atoms with Gasteiger partial charge in [0.2, 0.25) is 5.91 Å². The molecule has 5 heteroatoms. The van der Waals surface area contributed by atoms with Crippen molar-refractivity contribution in [2.75, 3.05) is 0 Å². The number of nitrogens with two attached hydrogens (primary N) is 1. The quantitative estimate of drug-likeness (QED) is 0.729. The summed E-state index contributed by atoms with van der Waals surface area (Å²) in [6.07, 6.45) is 2.89. The van der Waals surface area contributed by atoms with E-state index in [4.69, 9.17) is 15.2 Å². The highest BCUT2D eigenvalue weighted by molar-refractivity contribution is 5.77. The zero-order valence-corrected chi connectivity index (χ0v) is 11.3. The highest BCUT2D eigenvalue weighted by Crippen LogP contribution is 2.31. The molecule has 1 fully saturated rings. The zero-order chi connectivity index (χ0) is 13.8. The lowest BCUT2D eigenvalue weighted by atomic mass is 9.90. The van der Waals surface area contributed by atoms with Crippen LogP contribution in [0.1, 0.15) is 46.5 Å². The summed E-state index contributed by atoms with van der Waals surface area (Å²) in [6, 6.07) is 0. The van der Waals surface area contributed by atoms with Crippen molar-refractivity contribution in [3.63, 3.8) is 0 Å². The molecule has 0 spiro atoms. The summed E-state index contributed by atoms with van der Waals surface area (Å²) in [5.41, 5.74) is 5.44. The Labute approximate surface area is 108 Å². The molecule has 1 unspecified atom stereocenters. The van der Waals surface area contributed by atoms with E-state index in [0.29, 0.717) is 12.8 Å². The third-order valence-corrected chi connectivity index (χ3v) is 3.17. The van der Waals surface area contributed by atoms with Gasteiger partial charge in [-0.25, -0.2) is 0 Å². The Bertz CT molecular complexity index is 303. The summed E-state index contributed by atoms with van der Waals surface area (Å²) in [6.45, 7) is 5.54. The minimum Gasteiger partial charge on any atom is -0.369 e. The van der Waals surface area contributed by atoms with E-state index in [2.05, 4.69) is 6.92 Å². The lowest BCUT2D eigenvalue weighted by Gasteiger charge is -2.41. The number of amides is 1. The van der Waals surface area contributed by atoms with Gasteiger partial charge in [0, 0.05) is 6.42 Å². The Kier molecular flexibility index (Phi) is 5.28. The largest absolute Gasteiger partial charge is 0.369 e. The van der Waals surface area contributed by atoms with E-state index in [-0.39, 0.29) is 17.9 Å². The van der Waals surface area contributed by atoms with Crippen LogP contribution in [0.5, 0.6) is 0 Å². The van der Waals surface area contributed by atoms with Crippen molar-refractivity contribution >= 4 is 12.2 Å². The van der Waals surface area contributed by atoms with Crippen LogP contribution < -0.4 is 5.73 Å². The Balaban J connectivity index is 2.76. The Morgan fingerprint density at radius 2 is 2.17 bits per heavy atom. The molecule has 1 aliphatic heterocycles. The maximum Gasteiger partial charge on any atom is 0.223 e. The van der Waals surface area contributed by atoms with E-state index >= 15 is 0 Å². The molecule has 5 nitrogen and oxygen atoms in total. The predicted octanol–water partition coefficient (Wildman–Crippen LogP) is 1.39. The van der Waals surface area contributed by atoms with Crippen LogP contribution in [0, 0.1) is 5.92 Å². The van der Waals surface area contributed by atoms with Crippen LogP contribution in [-0.2, 0) is 19.1 Å². The summed E-state index contributed by atoms with van der Waals surface area (Å²) < 4.78 is 11.2. The number of primary amides is 1. The average Bonchev–Trinajstić information content (AvgIpc) is 2.27. The first-order valence-electron chi connectivity index (χ1n) is 6.50. The summed E-state index contributed by atoms with van der Waals surface area (Å²) in [7, 11) is 0. The summed E-state index contributed by atoms with van der Waals surface area (Å²) in [5.74, 6) is -1.57. The highest BCUT2D eigenvalue weighted by Gasteiger charge is 2.40. The van der Waals surface area contributed by atoms with Gasteiger partial charge in [-0.15, -0.1) is 0 Å². The standard InChI is InChI=1S/C13H23NO4/c1-4-5-6-10(12(14)16)11-7-9(8-15)17-13(2,3)18-11/h8-11H,4-7H2,1-3H3,(H2,14,16)/t9-,10?,11+/m0/s1. The summed E-state index contributed by atoms with van der Waals surface area (Å²) >= 11 is 0. The number of hydrogen-bond acceptors (Lipinski definition) is 4. The van der Waals surface area contributed by atoms with Crippen molar-refractivity contribution in [2.45, 2.75) is 64.4 Å². The molecule has 1 rings (SSSR count). The number of aldehydes is 1. The molecule has 2 N–H and O–H groups in total. The molecule has 0 radical (unpaired) electrons. The van der Waals surface area contributed by atoms with Crippen LogP contribution in [0.4, 0.5) is 0 Å². The smallest absolute Gasteiger partial charge is 0.223 e. The van der Waals surface area contributed by atoms with Crippen molar-refractivity contribution in [2.24, 2.45) is 11.7 Å². The van der Waals surface area contributed by atoms with Crippen LogP contribution in [0.2, 0.25) is 0 Å². The second-order valence-electron chi connectivity index (χ2n) is 5.24. The minimum absolute atomic E-state index is 0.340. The van der Waals surface area contributed by atoms with Gasteiger partial charge < -0.3 is 20.0 Å². The number of ether oxygens (including phenoxy) is 2. The topological polar surface area (TPSA) is 78.6 Å². The fourth-order valence-electron chi connectivity index (χ4n) is 2.35. The Morgan fingerprint density at radius 3 is 2.67 bits per heavy atom. The van der Waals surface area contributed by atoms with Gasteiger partial charge in [0.1, 0.15) is 12.4 Å². The van der Waals surface area contributed by atoms with E-state index in [1.54, 1.807) is 13.8 Å². The van der Waals surface area contributed by atoms with Crippen LogP contribution in [0.15, 0.2) is 0 Å². The molecule has 0 aromatic carbocycles. The molecular weight excluding hydrogens is 234 g/mol. The molecule has 0 saturated carbocycles. The van der Waals surface area contributed by atoms with Crippen molar-refractivity contribution < 1.29 is 19.1 Å². The van der Waals surface area contributed by atoms with Gasteiger partial charge in [-0.3, -0.25) is 4.79 Å².